The van der Waals surface area contributed by atoms with Crippen molar-refractivity contribution in [3.05, 3.63) is 57.5 Å². The number of ketones is 1. The maximum atomic E-state index is 12.6. The van der Waals surface area contributed by atoms with E-state index in [-0.39, 0.29) is 28.9 Å². The summed E-state index contributed by atoms with van der Waals surface area (Å²) in [6, 6.07) is 7.64. The number of Topliss-reactive ketones (excluding diaryl/α,β-unsaturated/α-hetero) is 1. The van der Waals surface area contributed by atoms with Gasteiger partial charge in [0.1, 0.15) is 5.75 Å². The van der Waals surface area contributed by atoms with Crippen LogP contribution >= 0.6 is 0 Å². The lowest BCUT2D eigenvalue weighted by Crippen LogP contribution is -2.23. The molecule has 0 aliphatic heterocycles. The zero-order valence-corrected chi connectivity index (χ0v) is 13.6. The highest BCUT2D eigenvalue weighted by atomic mass is 16.5. The van der Waals surface area contributed by atoms with Crippen LogP contribution in [0.15, 0.2) is 35.3 Å². The van der Waals surface area contributed by atoms with Crippen LogP contribution in [0.5, 0.6) is 5.75 Å². The minimum atomic E-state index is -0.366. The van der Waals surface area contributed by atoms with Crippen LogP contribution in [0.25, 0.3) is 11.0 Å². The van der Waals surface area contributed by atoms with Gasteiger partial charge in [0.25, 0.3) is 5.56 Å². The number of H-pyrrole nitrogens is 1. The van der Waals surface area contributed by atoms with Gasteiger partial charge in [-0.05, 0) is 35.6 Å². The number of nitrogen functional groups attached to an aromatic ring is 1. The van der Waals surface area contributed by atoms with Crippen LogP contribution in [0.2, 0.25) is 0 Å². The Morgan fingerprint density at radius 2 is 1.96 bits per heavy atom. The smallest absolute Gasteiger partial charge is 0.262 e. The first-order valence-corrected chi connectivity index (χ1v) is 7.91. The van der Waals surface area contributed by atoms with Crippen molar-refractivity contribution in [1.29, 1.82) is 0 Å². The van der Waals surface area contributed by atoms with Crippen molar-refractivity contribution in [1.82, 2.24) is 15.0 Å². The Morgan fingerprint density at radius 1 is 1.20 bits per heavy atom. The molecule has 3 aromatic rings. The molecule has 1 aromatic carbocycles. The predicted octanol–water partition coefficient (Wildman–Crippen LogP) is 1.82. The summed E-state index contributed by atoms with van der Waals surface area (Å²) in [7, 11) is 1.61. The minimum Gasteiger partial charge on any atom is -0.497 e. The summed E-state index contributed by atoms with van der Waals surface area (Å²) in [6.07, 6.45) is 2.45. The molecule has 3 N–H and O–H groups in total. The van der Waals surface area contributed by atoms with Crippen LogP contribution in [-0.4, -0.2) is 27.8 Å². The second kappa shape index (κ2) is 5.70. The number of nitrogens with one attached hydrogen (secondary N) is 1. The first-order chi connectivity index (χ1) is 12.1. The lowest BCUT2D eigenvalue weighted by molar-refractivity contribution is 0.0964. The predicted molar refractivity (Wildman–Crippen MR) is 93.0 cm³/mol. The number of nitrogens with zero attached hydrogens (tertiary/aromatic N) is 2. The lowest BCUT2D eigenvalue weighted by Gasteiger charge is -2.24. The van der Waals surface area contributed by atoms with E-state index in [9.17, 15) is 9.59 Å². The number of methoxy groups -OCH3 is 1. The molecule has 1 atom stereocenters. The zero-order valence-electron chi connectivity index (χ0n) is 13.6. The monoisotopic (exact) mass is 336 g/mol. The van der Waals surface area contributed by atoms with Crippen LogP contribution < -0.4 is 16.0 Å². The van der Waals surface area contributed by atoms with Crippen molar-refractivity contribution < 1.29 is 9.53 Å². The highest BCUT2D eigenvalue weighted by Gasteiger charge is 2.29. The number of aromatic nitrogens is 3. The summed E-state index contributed by atoms with van der Waals surface area (Å²) >= 11 is 0. The van der Waals surface area contributed by atoms with E-state index in [0.29, 0.717) is 29.4 Å². The van der Waals surface area contributed by atoms with Crippen molar-refractivity contribution in [3.8, 4) is 5.75 Å². The van der Waals surface area contributed by atoms with Crippen molar-refractivity contribution in [2.45, 2.75) is 18.8 Å². The van der Waals surface area contributed by atoms with Crippen LogP contribution in [-0.2, 0) is 6.42 Å². The number of ether oxygens (including phenoxy) is 1. The molecule has 126 valence electrons. The van der Waals surface area contributed by atoms with Crippen LogP contribution in [0.1, 0.15) is 33.8 Å². The number of anilines is 1. The molecule has 1 aliphatic rings. The third-order valence-corrected chi connectivity index (χ3v) is 4.63. The fraction of sp³-hybridized carbons (Fsp3) is 0.222. The molecule has 2 aromatic heterocycles. The van der Waals surface area contributed by atoms with E-state index in [2.05, 4.69) is 15.0 Å². The number of fused-ring (bicyclic) bond motifs is 3. The van der Waals surface area contributed by atoms with Crippen LogP contribution in [0.4, 0.5) is 5.95 Å². The van der Waals surface area contributed by atoms with Gasteiger partial charge in [-0.15, -0.1) is 0 Å². The van der Waals surface area contributed by atoms with Gasteiger partial charge in [0.2, 0.25) is 5.95 Å². The Bertz CT molecular complexity index is 1040. The van der Waals surface area contributed by atoms with Gasteiger partial charge in [0.05, 0.1) is 12.5 Å². The molecule has 0 saturated heterocycles. The molecular weight excluding hydrogens is 320 g/mol. The summed E-state index contributed by atoms with van der Waals surface area (Å²) in [6.45, 7) is 0. The summed E-state index contributed by atoms with van der Waals surface area (Å²) < 4.78 is 5.18. The van der Waals surface area contributed by atoms with Gasteiger partial charge in [-0.25, -0.2) is 4.98 Å². The van der Waals surface area contributed by atoms with Crippen LogP contribution in [0.3, 0.4) is 0 Å². The van der Waals surface area contributed by atoms with Gasteiger partial charge < -0.3 is 10.5 Å². The third kappa shape index (κ3) is 2.53. The standard InChI is InChI=1S/C18H16N4O3/c1-25-11-4-2-9(3-5-11)10-6-12-13(14(23)7-10)8-20-16-15(12)17(24)22-18(19)21-16/h2-5,8,10H,6-7H2,1H3,(H3,19,20,21,22,24)/t10-/m1/s1. The highest BCUT2D eigenvalue weighted by molar-refractivity contribution is 6.02. The molecule has 4 rings (SSSR count). The maximum absolute atomic E-state index is 12.6. The van der Waals surface area contributed by atoms with E-state index in [1.165, 1.54) is 6.20 Å². The van der Waals surface area contributed by atoms with E-state index >= 15 is 0 Å². The lowest BCUT2D eigenvalue weighted by atomic mass is 9.79. The second-order valence-corrected chi connectivity index (χ2v) is 6.10. The summed E-state index contributed by atoms with van der Waals surface area (Å²) in [4.78, 5) is 35.7. The topological polar surface area (TPSA) is 111 Å². The first kappa shape index (κ1) is 15.3. The quantitative estimate of drug-likeness (QED) is 0.738. The fourth-order valence-electron chi connectivity index (χ4n) is 3.40. The Hall–Kier alpha value is -3.22. The molecular formula is C18H16N4O3. The molecule has 0 unspecified atom stereocenters. The normalized spacial score (nSPS) is 16.7. The van der Waals surface area contributed by atoms with Gasteiger partial charge in [-0.3, -0.25) is 14.6 Å². The van der Waals surface area contributed by atoms with Crippen molar-refractivity contribution in [3.63, 3.8) is 0 Å². The third-order valence-electron chi connectivity index (χ3n) is 4.63. The molecule has 0 saturated carbocycles. The average molecular weight is 336 g/mol. The number of rotatable bonds is 2. The molecule has 0 amide bonds. The molecule has 0 bridgehead atoms. The molecule has 2 heterocycles. The minimum absolute atomic E-state index is 0.00606. The van der Waals surface area contributed by atoms with E-state index in [1.807, 2.05) is 24.3 Å². The van der Waals surface area contributed by atoms with Crippen molar-refractivity contribution in [2.75, 3.05) is 12.8 Å². The average Bonchev–Trinajstić information content (AvgIpc) is 2.60. The zero-order chi connectivity index (χ0) is 17.6. The summed E-state index contributed by atoms with van der Waals surface area (Å²) in [5.41, 5.74) is 7.71. The molecule has 0 spiro atoms. The number of carbonyl (C=O) groups excluding carboxylic acids is 1. The van der Waals surface area contributed by atoms with Gasteiger partial charge in [0.15, 0.2) is 11.4 Å². The van der Waals surface area contributed by atoms with E-state index in [4.69, 9.17) is 10.5 Å². The Balaban J connectivity index is 1.84. The number of benzene rings is 1. The Morgan fingerprint density at radius 3 is 2.68 bits per heavy atom. The molecule has 25 heavy (non-hydrogen) atoms. The van der Waals surface area contributed by atoms with Gasteiger partial charge >= 0.3 is 0 Å². The summed E-state index contributed by atoms with van der Waals surface area (Å²) in [5.74, 6) is 0.747. The largest absolute Gasteiger partial charge is 0.497 e. The number of aromatic amines is 1. The van der Waals surface area contributed by atoms with Gasteiger partial charge in [-0.2, -0.15) is 4.98 Å². The number of nitrogens with two attached hydrogens (primary N) is 1. The van der Waals surface area contributed by atoms with E-state index in [0.717, 1.165) is 11.3 Å². The highest BCUT2D eigenvalue weighted by Crippen LogP contribution is 2.35. The second-order valence-electron chi connectivity index (χ2n) is 6.10. The van der Waals surface area contributed by atoms with Crippen LogP contribution in [0, 0.1) is 0 Å². The van der Waals surface area contributed by atoms with E-state index < -0.39 is 0 Å². The summed E-state index contributed by atoms with van der Waals surface area (Å²) in [5, 5.41) is 0.346. The number of hydrogen-bond donors (Lipinski definition) is 2. The Labute approximate surface area is 142 Å². The first-order valence-electron chi connectivity index (χ1n) is 7.91. The van der Waals surface area contributed by atoms with Gasteiger partial charge in [0, 0.05) is 18.2 Å². The number of hydrogen-bond acceptors (Lipinski definition) is 6. The molecule has 7 heteroatoms. The maximum Gasteiger partial charge on any atom is 0.262 e. The number of pyridine rings is 1. The van der Waals surface area contributed by atoms with Crippen molar-refractivity contribution >= 4 is 22.8 Å². The van der Waals surface area contributed by atoms with Crippen molar-refractivity contribution in [2.24, 2.45) is 0 Å². The SMILES string of the molecule is COc1ccc([C@H]2CC(=O)c3cnc4nc(N)[nH]c(=O)c4c3C2)cc1. The Kier molecular flexibility index (Phi) is 3.49. The number of carbonyl (C=O) groups is 1. The fourth-order valence-corrected chi connectivity index (χ4v) is 3.40. The molecule has 1 aliphatic carbocycles. The molecule has 7 nitrogen and oxygen atoms in total. The molecule has 0 fully saturated rings. The molecule has 0 radical (unpaired) electrons. The van der Waals surface area contributed by atoms with Gasteiger partial charge in [-0.1, -0.05) is 12.1 Å². The van der Waals surface area contributed by atoms with E-state index in [1.54, 1.807) is 7.11 Å².